The maximum atomic E-state index is 14.0. The Hall–Kier alpha value is -6.80. The third-order valence-electron chi connectivity index (χ3n) is 11.7. The Morgan fingerprint density at radius 3 is 1.50 bits per heavy atom. The fourth-order valence-corrected chi connectivity index (χ4v) is 7.33. The highest BCUT2D eigenvalue weighted by Gasteiger charge is 2.36. The van der Waals surface area contributed by atoms with Gasteiger partial charge in [-0.25, -0.2) is 0 Å². The molecule has 0 aromatic carbocycles. The van der Waals surface area contributed by atoms with E-state index in [4.69, 9.17) is 34.4 Å². The number of carbonyl (C=O) groups excluding carboxylic acids is 9. The molecule has 0 radical (unpaired) electrons. The van der Waals surface area contributed by atoms with Gasteiger partial charge in [0.15, 0.2) is 11.9 Å². The van der Waals surface area contributed by atoms with Crippen molar-refractivity contribution in [3.63, 3.8) is 0 Å². The van der Waals surface area contributed by atoms with Crippen molar-refractivity contribution in [3.05, 3.63) is 0 Å². The van der Waals surface area contributed by atoms with Crippen molar-refractivity contribution in [2.45, 2.75) is 147 Å². The summed E-state index contributed by atoms with van der Waals surface area (Å²) in [5.41, 5.74) is 33.0. The first kappa shape index (κ1) is 61.2. The molecule has 0 bridgehead atoms. The van der Waals surface area contributed by atoms with E-state index in [1.54, 1.807) is 27.7 Å². The number of hydrogen-bond donors (Lipinski definition) is 15. The Bertz CT molecular complexity index is 1840. The average Bonchev–Trinajstić information content (AvgIpc) is 3.30. The number of rotatable bonds is 33. The summed E-state index contributed by atoms with van der Waals surface area (Å²) < 4.78 is 0. The smallest absolute Gasteiger partial charge is 0.305 e. The van der Waals surface area contributed by atoms with Crippen LogP contribution in [0.25, 0.3) is 0 Å². The largest absolute Gasteiger partial charge is 0.481 e. The van der Waals surface area contributed by atoms with Crippen LogP contribution in [0.15, 0.2) is 9.98 Å². The van der Waals surface area contributed by atoms with Crippen LogP contribution < -0.4 is 76.9 Å². The van der Waals surface area contributed by atoms with Gasteiger partial charge in [0.25, 0.3) is 0 Å². The number of nitrogens with two attached hydrogens (primary N) is 6. The first-order valence-corrected chi connectivity index (χ1v) is 23.7. The maximum Gasteiger partial charge on any atom is 0.305 e. The lowest BCUT2D eigenvalue weighted by Crippen LogP contribution is -2.61. The van der Waals surface area contributed by atoms with Crippen molar-refractivity contribution in [3.8, 4) is 0 Å². The summed E-state index contributed by atoms with van der Waals surface area (Å²) in [4.78, 5) is 138. The van der Waals surface area contributed by atoms with Gasteiger partial charge in [0.1, 0.15) is 30.2 Å². The van der Waals surface area contributed by atoms with Gasteiger partial charge in [-0.2, -0.15) is 0 Å². The number of nitrogens with zero attached hydrogens (tertiary/aromatic N) is 2. The van der Waals surface area contributed by atoms with E-state index in [-0.39, 0.29) is 57.1 Å². The number of carboxylic acids is 1. The lowest BCUT2D eigenvalue weighted by molar-refractivity contribution is -0.142. The highest BCUT2D eigenvalue weighted by molar-refractivity contribution is 5.98. The third kappa shape index (κ3) is 25.0. The van der Waals surface area contributed by atoms with Crippen LogP contribution in [-0.4, -0.2) is 145 Å². The second-order valence-corrected chi connectivity index (χ2v) is 17.5. The Morgan fingerprint density at radius 1 is 0.557 bits per heavy atom. The number of nitrogens with one attached hydrogen (secondary N) is 8. The van der Waals surface area contributed by atoms with Crippen molar-refractivity contribution in [1.29, 1.82) is 0 Å². The summed E-state index contributed by atoms with van der Waals surface area (Å²) in [5.74, 6) is -10.2. The standard InChI is InChI=1S/C43H78N16O11/c1-5-23(3)34(40(69)53-20-30(45)60)58-38(67)28(15-11-17-51-43(48)49)56-39(68)29(19-33(63)64)57-41(70)35(24(4)6-2)59-37(66)27(14-10-16-50-42(46)47)55-32(62)22-52-31(61)21-54-36(65)26(44)18-25-12-8-7-9-13-25/h23-29,34-35H,5-22,44H2,1-4H3,(H2,45,60)(H,52,61)(H,53,69)(H,54,65)(H,55,62)(H,56,68)(H,57,70)(H,58,67)(H,59,66)(H,63,64)(H4,46,47,50)(H4,48,49,51)/t23-,24-,26-,27-,28-,29-,34-,35-/m0/s1. The van der Waals surface area contributed by atoms with E-state index in [2.05, 4.69) is 52.5 Å². The van der Waals surface area contributed by atoms with E-state index in [1.165, 1.54) is 0 Å². The Morgan fingerprint density at radius 2 is 1.01 bits per heavy atom. The molecule has 1 saturated carbocycles. The van der Waals surface area contributed by atoms with Crippen LogP contribution in [0.3, 0.4) is 0 Å². The SMILES string of the molecule is CC[C@H](C)[C@H](NC(=O)[C@H](CCCN=C(N)N)NC(=O)[C@H](CC(=O)O)NC(=O)[C@@H](NC(=O)[C@H](CCCN=C(N)N)NC(=O)CNC(=O)CNC(=O)[C@@H](N)CC1CCCCC1)[C@@H](C)CC)C(=O)NCC(N)=O. The lowest BCUT2D eigenvalue weighted by atomic mass is 9.85. The normalized spacial score (nSPS) is 15.8. The van der Waals surface area contributed by atoms with Crippen molar-refractivity contribution in [2.24, 2.45) is 62.1 Å². The van der Waals surface area contributed by atoms with Crippen molar-refractivity contribution in [1.82, 2.24) is 42.5 Å². The Kier molecular flexibility index (Phi) is 28.7. The summed E-state index contributed by atoms with van der Waals surface area (Å²) in [6.45, 7) is 5.22. The van der Waals surface area contributed by atoms with E-state index in [0.29, 0.717) is 18.8 Å². The van der Waals surface area contributed by atoms with E-state index in [9.17, 15) is 53.1 Å². The highest BCUT2D eigenvalue weighted by atomic mass is 16.4. The molecule has 0 aliphatic heterocycles. The molecule has 0 spiro atoms. The average molecular weight is 995 g/mol. The highest BCUT2D eigenvalue weighted by Crippen LogP contribution is 2.27. The number of carbonyl (C=O) groups is 10. The van der Waals surface area contributed by atoms with Gasteiger partial charge in [0, 0.05) is 13.1 Å². The molecule has 9 amide bonds. The summed E-state index contributed by atoms with van der Waals surface area (Å²) in [6, 6.07) is -7.99. The zero-order valence-electron chi connectivity index (χ0n) is 40.8. The van der Waals surface area contributed by atoms with Crippen molar-refractivity contribution >= 4 is 71.1 Å². The molecule has 0 aromatic rings. The Labute approximate surface area is 408 Å². The predicted molar refractivity (Wildman–Crippen MR) is 258 cm³/mol. The van der Waals surface area contributed by atoms with Gasteiger partial charge in [-0.05, 0) is 49.9 Å². The second-order valence-electron chi connectivity index (χ2n) is 17.5. The number of carboxylic acid groups (broad SMARTS) is 1. The number of primary amides is 1. The molecule has 27 nitrogen and oxygen atoms in total. The summed E-state index contributed by atoms with van der Waals surface area (Å²) in [7, 11) is 0. The number of aliphatic carboxylic acids is 1. The first-order chi connectivity index (χ1) is 33.0. The quantitative estimate of drug-likeness (QED) is 0.0167. The third-order valence-corrected chi connectivity index (χ3v) is 11.7. The summed E-state index contributed by atoms with van der Waals surface area (Å²) in [6.07, 6.45) is 5.58. The van der Waals surface area contributed by atoms with Crippen LogP contribution in [0.5, 0.6) is 0 Å². The lowest BCUT2D eigenvalue weighted by Gasteiger charge is -2.29. The van der Waals surface area contributed by atoms with Crippen LogP contribution in [0.1, 0.15) is 111 Å². The monoisotopic (exact) mass is 995 g/mol. The van der Waals surface area contributed by atoms with E-state index in [1.807, 2.05) is 0 Å². The number of hydrogen-bond acceptors (Lipinski definition) is 13. The molecule has 1 aliphatic carbocycles. The number of aliphatic imine (C=N–C) groups is 2. The number of guanidine groups is 2. The first-order valence-electron chi connectivity index (χ1n) is 23.7. The molecule has 1 rings (SSSR count). The van der Waals surface area contributed by atoms with Crippen LogP contribution in [0.4, 0.5) is 0 Å². The van der Waals surface area contributed by atoms with Gasteiger partial charge < -0.3 is 82.0 Å². The van der Waals surface area contributed by atoms with Crippen molar-refractivity contribution in [2.75, 3.05) is 32.7 Å². The van der Waals surface area contributed by atoms with Gasteiger partial charge in [0.05, 0.1) is 32.1 Å². The molecule has 0 saturated heterocycles. The molecular weight excluding hydrogens is 917 g/mol. The van der Waals surface area contributed by atoms with Crippen molar-refractivity contribution < 1.29 is 53.1 Å². The molecule has 21 N–H and O–H groups in total. The molecule has 0 heterocycles. The van der Waals surface area contributed by atoms with Gasteiger partial charge in [-0.15, -0.1) is 0 Å². The summed E-state index contributed by atoms with van der Waals surface area (Å²) >= 11 is 0. The second kappa shape index (κ2) is 32.9. The van der Waals surface area contributed by atoms with Crippen LogP contribution in [0.2, 0.25) is 0 Å². The van der Waals surface area contributed by atoms with Gasteiger partial charge in [-0.1, -0.05) is 72.6 Å². The molecule has 0 aromatic heterocycles. The van der Waals surface area contributed by atoms with E-state index in [0.717, 1.165) is 32.1 Å². The van der Waals surface area contributed by atoms with E-state index < -0.39 is 133 Å². The Balaban J connectivity index is 3.26. The summed E-state index contributed by atoms with van der Waals surface area (Å²) in [5, 5.41) is 29.5. The molecule has 0 unspecified atom stereocenters. The van der Waals surface area contributed by atoms with Crippen LogP contribution in [0, 0.1) is 17.8 Å². The molecule has 27 heteroatoms. The minimum Gasteiger partial charge on any atom is -0.481 e. The van der Waals surface area contributed by atoms with Gasteiger partial charge >= 0.3 is 5.97 Å². The van der Waals surface area contributed by atoms with Crippen LogP contribution >= 0.6 is 0 Å². The number of amides is 9. The topological polar surface area (TPSA) is 468 Å². The fourth-order valence-electron chi connectivity index (χ4n) is 7.33. The zero-order valence-corrected chi connectivity index (χ0v) is 40.8. The molecule has 396 valence electrons. The molecular formula is C43H78N16O11. The zero-order chi connectivity index (χ0) is 52.9. The molecule has 8 atom stereocenters. The molecule has 70 heavy (non-hydrogen) atoms. The fraction of sp³-hybridized carbons (Fsp3) is 0.721. The van der Waals surface area contributed by atoms with Crippen LogP contribution in [-0.2, 0) is 47.9 Å². The maximum absolute atomic E-state index is 14.0. The molecule has 1 aliphatic rings. The predicted octanol–water partition coefficient (Wildman–Crippen LogP) is -4.78. The minimum atomic E-state index is -1.82. The van der Waals surface area contributed by atoms with E-state index >= 15 is 0 Å². The van der Waals surface area contributed by atoms with Gasteiger partial charge in [0.2, 0.25) is 53.2 Å². The molecule has 1 fully saturated rings. The van der Waals surface area contributed by atoms with Gasteiger partial charge in [-0.3, -0.25) is 57.9 Å². The minimum absolute atomic E-state index is 0.0152.